The largest absolute Gasteiger partial charge is 0.489 e. The summed E-state index contributed by atoms with van der Waals surface area (Å²) in [4.78, 5) is 4.29. The third kappa shape index (κ3) is 4.47. The number of pyridine rings is 1. The molecule has 0 aliphatic heterocycles. The highest BCUT2D eigenvalue weighted by Gasteiger charge is 2.34. The molecule has 0 bridgehead atoms. The van der Waals surface area contributed by atoms with E-state index in [4.69, 9.17) is 4.74 Å². The van der Waals surface area contributed by atoms with Crippen molar-refractivity contribution >= 4 is 11.0 Å². The van der Waals surface area contributed by atoms with Crippen molar-refractivity contribution in [2.45, 2.75) is 57.9 Å². The smallest absolute Gasteiger partial charge is 0.120 e. The summed E-state index contributed by atoms with van der Waals surface area (Å²) >= 11 is 0. The van der Waals surface area contributed by atoms with Crippen molar-refractivity contribution in [2.75, 3.05) is 0 Å². The summed E-state index contributed by atoms with van der Waals surface area (Å²) in [5.41, 5.74) is 4.49. The van der Waals surface area contributed by atoms with Crippen LogP contribution in [0.3, 0.4) is 0 Å². The summed E-state index contributed by atoms with van der Waals surface area (Å²) in [6.45, 7) is 8.58. The second-order valence-electron chi connectivity index (χ2n) is 7.39. The molecule has 2 atom stereocenters. The van der Waals surface area contributed by atoms with Crippen molar-refractivity contribution in [2.24, 2.45) is 0 Å². The van der Waals surface area contributed by atoms with Gasteiger partial charge in [-0.15, -0.1) is 0 Å². The van der Waals surface area contributed by atoms with Crippen LogP contribution >= 0.6 is 0 Å². The molecule has 1 N–H and O–H groups in total. The van der Waals surface area contributed by atoms with E-state index in [1.54, 1.807) is 0 Å². The number of hydrogen-bond donors (Lipinski definition) is 1. The van der Waals surface area contributed by atoms with Crippen LogP contribution < -0.4 is 9.46 Å². The van der Waals surface area contributed by atoms with Crippen molar-refractivity contribution in [1.82, 2.24) is 9.71 Å². The Balaban J connectivity index is 1.65. The van der Waals surface area contributed by atoms with Crippen LogP contribution in [-0.4, -0.2) is 20.0 Å². The highest BCUT2D eigenvalue weighted by atomic mass is 32.2. The molecule has 3 rings (SSSR count). The van der Waals surface area contributed by atoms with E-state index in [1.807, 2.05) is 45.2 Å². The van der Waals surface area contributed by atoms with Crippen molar-refractivity contribution in [1.29, 1.82) is 0 Å². The van der Waals surface area contributed by atoms with E-state index in [2.05, 4.69) is 28.8 Å². The molecule has 1 heterocycles. The van der Waals surface area contributed by atoms with Crippen LogP contribution in [0, 0.1) is 6.92 Å². The van der Waals surface area contributed by atoms with Gasteiger partial charge in [0.05, 0.1) is 11.0 Å². The molecule has 1 aliphatic rings. The van der Waals surface area contributed by atoms with Crippen LogP contribution in [0.25, 0.3) is 0 Å². The number of ether oxygens (including phenoxy) is 1. The molecule has 0 spiro atoms. The SMILES string of the molecule is Cc1ccc(COc2ccc3c(c2)CC(C)(NS(=O)C(C)C)C3)cn1. The van der Waals surface area contributed by atoms with E-state index < -0.39 is 11.0 Å². The minimum absolute atomic E-state index is 0.113. The topological polar surface area (TPSA) is 51.2 Å². The van der Waals surface area contributed by atoms with Crippen LogP contribution in [-0.2, 0) is 30.4 Å². The summed E-state index contributed by atoms with van der Waals surface area (Å²) < 4.78 is 21.4. The predicted octanol–water partition coefficient (Wildman–Crippen LogP) is 3.49. The van der Waals surface area contributed by atoms with Crippen molar-refractivity contribution in [3.05, 3.63) is 58.9 Å². The lowest BCUT2D eigenvalue weighted by Gasteiger charge is -2.25. The van der Waals surface area contributed by atoms with Gasteiger partial charge in [0.15, 0.2) is 0 Å². The Hall–Kier alpha value is -1.72. The molecule has 2 aromatic rings. The number of rotatable bonds is 6. The molecule has 134 valence electrons. The molecule has 1 aliphatic carbocycles. The first-order chi connectivity index (χ1) is 11.8. The van der Waals surface area contributed by atoms with Crippen LogP contribution in [0.5, 0.6) is 5.75 Å². The highest BCUT2D eigenvalue weighted by molar-refractivity contribution is 7.83. The van der Waals surface area contributed by atoms with E-state index in [9.17, 15) is 4.21 Å². The van der Waals surface area contributed by atoms with Crippen LogP contribution in [0.4, 0.5) is 0 Å². The Morgan fingerprint density at radius 1 is 1.24 bits per heavy atom. The number of fused-ring (bicyclic) bond motifs is 1. The fraction of sp³-hybridized carbons (Fsp3) is 0.450. The molecule has 1 aromatic carbocycles. The zero-order valence-electron chi connectivity index (χ0n) is 15.3. The Kier molecular flexibility index (Phi) is 5.25. The summed E-state index contributed by atoms with van der Waals surface area (Å²) in [5.74, 6) is 0.869. The van der Waals surface area contributed by atoms with Crippen molar-refractivity contribution in [3.8, 4) is 5.75 Å². The Labute approximate surface area is 152 Å². The average Bonchev–Trinajstić information content (AvgIpc) is 2.89. The molecule has 0 amide bonds. The summed E-state index contributed by atoms with van der Waals surface area (Å²) in [7, 11) is -1.01. The van der Waals surface area contributed by atoms with Crippen LogP contribution in [0.2, 0.25) is 0 Å². The minimum atomic E-state index is -1.01. The number of nitrogens with one attached hydrogen (secondary N) is 1. The van der Waals surface area contributed by atoms with E-state index in [0.717, 1.165) is 29.8 Å². The molecule has 0 saturated heterocycles. The van der Waals surface area contributed by atoms with E-state index in [1.165, 1.54) is 11.1 Å². The van der Waals surface area contributed by atoms with Gasteiger partial charge in [0.25, 0.3) is 0 Å². The first-order valence-electron chi connectivity index (χ1n) is 8.69. The number of aryl methyl sites for hydroxylation is 1. The van der Waals surface area contributed by atoms with E-state index in [0.29, 0.717) is 6.61 Å². The maximum absolute atomic E-state index is 12.2. The number of hydrogen-bond acceptors (Lipinski definition) is 3. The van der Waals surface area contributed by atoms with Gasteiger partial charge in [0.1, 0.15) is 12.4 Å². The Morgan fingerprint density at radius 3 is 2.68 bits per heavy atom. The fourth-order valence-corrected chi connectivity index (χ4v) is 3.98. The molecule has 4 nitrogen and oxygen atoms in total. The van der Waals surface area contributed by atoms with Gasteiger partial charge in [-0.05, 0) is 69.9 Å². The molecular weight excluding hydrogens is 332 g/mol. The Morgan fingerprint density at radius 2 is 2.00 bits per heavy atom. The molecule has 1 aromatic heterocycles. The predicted molar refractivity (Wildman–Crippen MR) is 102 cm³/mol. The second-order valence-corrected chi connectivity index (χ2v) is 9.13. The molecule has 2 unspecified atom stereocenters. The summed E-state index contributed by atoms with van der Waals surface area (Å²) in [5, 5.41) is 0.113. The summed E-state index contributed by atoms with van der Waals surface area (Å²) in [6, 6.07) is 10.3. The molecular formula is C20H26N2O2S. The van der Waals surface area contributed by atoms with Crippen LogP contribution in [0.1, 0.15) is 43.2 Å². The maximum atomic E-state index is 12.2. The monoisotopic (exact) mass is 358 g/mol. The zero-order chi connectivity index (χ0) is 18.0. The molecule has 0 radical (unpaired) electrons. The third-order valence-electron chi connectivity index (χ3n) is 4.49. The van der Waals surface area contributed by atoms with Gasteiger partial charge in [-0.1, -0.05) is 12.1 Å². The number of nitrogens with zero attached hydrogens (tertiary/aromatic N) is 1. The maximum Gasteiger partial charge on any atom is 0.120 e. The number of benzene rings is 1. The molecule has 25 heavy (non-hydrogen) atoms. The fourth-order valence-electron chi connectivity index (χ4n) is 3.12. The number of aromatic nitrogens is 1. The van der Waals surface area contributed by atoms with Gasteiger partial charge in [-0.3, -0.25) is 4.98 Å². The second kappa shape index (κ2) is 7.26. The Bertz CT molecular complexity index is 774. The lowest BCUT2D eigenvalue weighted by Crippen LogP contribution is -2.46. The lowest BCUT2D eigenvalue weighted by molar-refractivity contribution is 0.305. The van der Waals surface area contributed by atoms with Gasteiger partial charge in [-0.2, -0.15) is 0 Å². The average molecular weight is 359 g/mol. The molecule has 0 saturated carbocycles. The first-order valence-corrected chi connectivity index (χ1v) is 9.90. The molecule has 5 heteroatoms. The highest BCUT2D eigenvalue weighted by Crippen LogP contribution is 2.33. The van der Waals surface area contributed by atoms with Crippen LogP contribution in [0.15, 0.2) is 36.5 Å². The van der Waals surface area contributed by atoms with Gasteiger partial charge < -0.3 is 4.74 Å². The van der Waals surface area contributed by atoms with Gasteiger partial charge in [0, 0.05) is 28.2 Å². The zero-order valence-corrected chi connectivity index (χ0v) is 16.2. The molecule has 0 fully saturated rings. The standard InChI is InChI=1S/C20H26N2O2S/c1-14(2)25(23)22-20(4)10-17-7-8-19(9-18(17)11-20)24-13-16-6-5-15(3)21-12-16/h5-9,12,14,22H,10-11,13H2,1-4H3. The van der Waals surface area contributed by atoms with E-state index >= 15 is 0 Å². The van der Waals surface area contributed by atoms with Gasteiger partial charge in [0.2, 0.25) is 0 Å². The lowest BCUT2D eigenvalue weighted by atomic mass is 10.0. The summed E-state index contributed by atoms with van der Waals surface area (Å²) in [6.07, 6.45) is 3.61. The third-order valence-corrected chi connectivity index (χ3v) is 6.04. The van der Waals surface area contributed by atoms with Crippen molar-refractivity contribution < 1.29 is 8.95 Å². The van der Waals surface area contributed by atoms with E-state index in [-0.39, 0.29) is 10.8 Å². The van der Waals surface area contributed by atoms with Gasteiger partial charge in [-0.25, -0.2) is 8.93 Å². The van der Waals surface area contributed by atoms with Crippen molar-refractivity contribution in [3.63, 3.8) is 0 Å². The normalized spacial score (nSPS) is 20.5. The first kappa shape index (κ1) is 18.1. The minimum Gasteiger partial charge on any atom is -0.489 e. The quantitative estimate of drug-likeness (QED) is 0.860. The van der Waals surface area contributed by atoms with Gasteiger partial charge >= 0.3 is 0 Å².